The molecule has 1 rings (SSSR count). The summed E-state index contributed by atoms with van der Waals surface area (Å²) in [6.45, 7) is 11.8. The summed E-state index contributed by atoms with van der Waals surface area (Å²) in [5, 5.41) is 2.68. The van der Waals surface area contributed by atoms with E-state index in [1.54, 1.807) is 7.05 Å². The van der Waals surface area contributed by atoms with Crippen LogP contribution in [0.15, 0.2) is 0 Å². The summed E-state index contributed by atoms with van der Waals surface area (Å²) in [4.78, 5) is 15.8. The van der Waals surface area contributed by atoms with Crippen LogP contribution < -0.4 is 5.32 Å². The molecule has 17 heavy (non-hydrogen) atoms. The van der Waals surface area contributed by atoms with E-state index in [-0.39, 0.29) is 6.03 Å². The first kappa shape index (κ1) is 14.3. The predicted octanol–water partition coefficient (Wildman–Crippen LogP) is 1.77. The maximum absolute atomic E-state index is 11.4. The van der Waals surface area contributed by atoms with Crippen LogP contribution in [-0.4, -0.2) is 55.6 Å². The van der Waals surface area contributed by atoms with Crippen LogP contribution >= 0.6 is 0 Å². The Morgan fingerprint density at radius 2 is 1.76 bits per heavy atom. The molecule has 4 heteroatoms. The lowest BCUT2D eigenvalue weighted by molar-refractivity contribution is 0.136. The fraction of sp³-hybridized carbons (Fsp3) is 0.923. The molecule has 100 valence electrons. The van der Waals surface area contributed by atoms with Gasteiger partial charge < -0.3 is 10.2 Å². The Labute approximate surface area is 105 Å². The van der Waals surface area contributed by atoms with E-state index in [1.807, 2.05) is 4.90 Å². The van der Waals surface area contributed by atoms with Crippen molar-refractivity contribution in [1.82, 2.24) is 15.1 Å². The van der Waals surface area contributed by atoms with Gasteiger partial charge in [-0.1, -0.05) is 20.8 Å². The first-order chi connectivity index (χ1) is 7.92. The second-order valence-corrected chi connectivity index (χ2v) is 6.05. The third-order valence-corrected chi connectivity index (χ3v) is 3.27. The third-order valence-electron chi connectivity index (χ3n) is 3.27. The van der Waals surface area contributed by atoms with Crippen LogP contribution in [0.1, 0.15) is 33.6 Å². The number of urea groups is 1. The highest BCUT2D eigenvalue weighted by Gasteiger charge is 2.20. The van der Waals surface area contributed by atoms with Gasteiger partial charge in [0, 0.05) is 33.2 Å². The Hall–Kier alpha value is -0.770. The summed E-state index contributed by atoms with van der Waals surface area (Å²) in [6, 6.07) is 0.0549. The molecule has 2 amide bonds. The van der Waals surface area contributed by atoms with Crippen molar-refractivity contribution >= 4 is 6.03 Å². The number of hydrogen-bond acceptors (Lipinski definition) is 2. The topological polar surface area (TPSA) is 35.6 Å². The number of piperazine rings is 1. The molecule has 1 aliphatic heterocycles. The molecule has 0 unspecified atom stereocenters. The average molecular weight is 241 g/mol. The fourth-order valence-corrected chi connectivity index (χ4v) is 2.17. The molecule has 0 aromatic carbocycles. The Balaban J connectivity index is 2.17. The predicted molar refractivity (Wildman–Crippen MR) is 71.2 cm³/mol. The van der Waals surface area contributed by atoms with Crippen molar-refractivity contribution in [3.8, 4) is 0 Å². The van der Waals surface area contributed by atoms with Gasteiger partial charge in [0.15, 0.2) is 0 Å². The number of carbonyl (C=O) groups excluding carboxylic acids is 1. The molecule has 0 aromatic rings. The highest BCUT2D eigenvalue weighted by molar-refractivity contribution is 5.73. The first-order valence-corrected chi connectivity index (χ1v) is 6.61. The minimum absolute atomic E-state index is 0.0549. The van der Waals surface area contributed by atoms with Crippen LogP contribution in [0, 0.1) is 5.41 Å². The standard InChI is InChI=1S/C13H27N3O/c1-13(2,3)6-5-7-15-8-10-16(11-9-15)12(17)14-4/h5-11H2,1-4H3,(H,14,17). The van der Waals surface area contributed by atoms with Gasteiger partial charge in [-0.05, 0) is 24.8 Å². The van der Waals surface area contributed by atoms with Gasteiger partial charge >= 0.3 is 6.03 Å². The second kappa shape index (κ2) is 6.24. The lowest BCUT2D eigenvalue weighted by Crippen LogP contribution is -2.51. The van der Waals surface area contributed by atoms with Crippen molar-refractivity contribution in [2.75, 3.05) is 39.8 Å². The van der Waals surface area contributed by atoms with Crippen molar-refractivity contribution in [3.63, 3.8) is 0 Å². The highest BCUT2D eigenvalue weighted by Crippen LogP contribution is 2.20. The molecule has 1 fully saturated rings. The molecule has 0 atom stereocenters. The van der Waals surface area contributed by atoms with E-state index >= 15 is 0 Å². The summed E-state index contributed by atoms with van der Waals surface area (Å²) < 4.78 is 0. The quantitative estimate of drug-likeness (QED) is 0.817. The molecule has 1 heterocycles. The highest BCUT2D eigenvalue weighted by atomic mass is 16.2. The van der Waals surface area contributed by atoms with Crippen molar-refractivity contribution in [3.05, 3.63) is 0 Å². The van der Waals surface area contributed by atoms with Gasteiger partial charge in [0.25, 0.3) is 0 Å². The number of nitrogens with one attached hydrogen (secondary N) is 1. The van der Waals surface area contributed by atoms with E-state index < -0.39 is 0 Å². The second-order valence-electron chi connectivity index (χ2n) is 6.05. The first-order valence-electron chi connectivity index (χ1n) is 6.61. The molecule has 0 bridgehead atoms. The maximum atomic E-state index is 11.4. The molecular weight excluding hydrogens is 214 g/mol. The third kappa shape index (κ3) is 5.39. The van der Waals surface area contributed by atoms with E-state index in [9.17, 15) is 4.79 Å². The molecule has 0 radical (unpaired) electrons. The molecule has 0 saturated carbocycles. The Morgan fingerprint density at radius 3 is 2.24 bits per heavy atom. The zero-order valence-electron chi connectivity index (χ0n) is 11.8. The monoisotopic (exact) mass is 241 g/mol. The van der Waals surface area contributed by atoms with Gasteiger partial charge in [0.2, 0.25) is 0 Å². The summed E-state index contributed by atoms with van der Waals surface area (Å²) in [7, 11) is 1.69. The van der Waals surface area contributed by atoms with Crippen molar-refractivity contribution in [2.24, 2.45) is 5.41 Å². The Morgan fingerprint density at radius 1 is 1.18 bits per heavy atom. The molecule has 4 nitrogen and oxygen atoms in total. The summed E-state index contributed by atoms with van der Waals surface area (Å²) in [6.07, 6.45) is 2.52. The smallest absolute Gasteiger partial charge is 0.317 e. The lowest BCUT2D eigenvalue weighted by atomic mass is 9.90. The van der Waals surface area contributed by atoms with E-state index in [0.717, 1.165) is 26.2 Å². The number of nitrogens with zero attached hydrogens (tertiary/aromatic N) is 2. The van der Waals surface area contributed by atoms with Crippen molar-refractivity contribution < 1.29 is 4.79 Å². The zero-order valence-corrected chi connectivity index (χ0v) is 11.8. The molecule has 1 saturated heterocycles. The van der Waals surface area contributed by atoms with E-state index in [4.69, 9.17) is 0 Å². The van der Waals surface area contributed by atoms with Crippen LogP contribution in [0.25, 0.3) is 0 Å². The van der Waals surface area contributed by atoms with Crippen LogP contribution in [0.3, 0.4) is 0 Å². The van der Waals surface area contributed by atoms with Crippen LogP contribution in [0.4, 0.5) is 4.79 Å². The zero-order chi connectivity index (χ0) is 12.9. The summed E-state index contributed by atoms with van der Waals surface area (Å²) in [5.41, 5.74) is 0.434. The molecule has 0 aromatic heterocycles. The molecule has 0 spiro atoms. The van der Waals surface area contributed by atoms with E-state index in [1.165, 1.54) is 19.4 Å². The number of amides is 2. The molecule has 0 aliphatic carbocycles. The summed E-state index contributed by atoms with van der Waals surface area (Å²) >= 11 is 0. The van der Waals surface area contributed by atoms with Gasteiger partial charge in [-0.25, -0.2) is 4.79 Å². The van der Waals surface area contributed by atoms with E-state index in [0.29, 0.717) is 5.41 Å². The lowest BCUT2D eigenvalue weighted by Gasteiger charge is -2.34. The number of rotatable bonds is 3. The summed E-state index contributed by atoms with van der Waals surface area (Å²) in [5.74, 6) is 0. The largest absolute Gasteiger partial charge is 0.341 e. The maximum Gasteiger partial charge on any atom is 0.317 e. The van der Waals surface area contributed by atoms with Crippen molar-refractivity contribution in [1.29, 1.82) is 0 Å². The molecular formula is C13H27N3O. The average Bonchev–Trinajstić information content (AvgIpc) is 2.27. The normalized spacial score (nSPS) is 18.2. The minimum Gasteiger partial charge on any atom is -0.341 e. The Kier molecular flexibility index (Phi) is 5.25. The SMILES string of the molecule is CNC(=O)N1CCN(CCCC(C)(C)C)CC1. The van der Waals surface area contributed by atoms with Gasteiger partial charge in [0.05, 0.1) is 0 Å². The van der Waals surface area contributed by atoms with Gasteiger partial charge in [0.1, 0.15) is 0 Å². The molecule has 1 N–H and O–H groups in total. The minimum atomic E-state index is 0.0549. The van der Waals surface area contributed by atoms with E-state index in [2.05, 4.69) is 31.0 Å². The van der Waals surface area contributed by atoms with Crippen LogP contribution in [0.2, 0.25) is 0 Å². The van der Waals surface area contributed by atoms with Crippen LogP contribution in [-0.2, 0) is 0 Å². The van der Waals surface area contributed by atoms with Crippen molar-refractivity contribution in [2.45, 2.75) is 33.6 Å². The van der Waals surface area contributed by atoms with Gasteiger partial charge in [-0.2, -0.15) is 0 Å². The Bertz CT molecular complexity index is 240. The fourth-order valence-electron chi connectivity index (χ4n) is 2.17. The van der Waals surface area contributed by atoms with Gasteiger partial charge in [-0.15, -0.1) is 0 Å². The van der Waals surface area contributed by atoms with Gasteiger partial charge in [-0.3, -0.25) is 4.90 Å². The number of hydrogen-bond donors (Lipinski definition) is 1. The van der Waals surface area contributed by atoms with Crippen LogP contribution in [0.5, 0.6) is 0 Å². The number of carbonyl (C=O) groups is 1. The molecule has 1 aliphatic rings.